The molecule has 1 aliphatic heterocycles. The fourth-order valence-corrected chi connectivity index (χ4v) is 6.18. The Hall–Kier alpha value is -0.890. The largest absolute Gasteiger partial charge is 0.236 e. The van der Waals surface area contributed by atoms with Gasteiger partial charge in [0, 0.05) is 23.0 Å². The van der Waals surface area contributed by atoms with Crippen molar-refractivity contribution in [3.8, 4) is 0 Å². The Morgan fingerprint density at radius 1 is 1.29 bits per heavy atom. The van der Waals surface area contributed by atoms with Gasteiger partial charge in [-0.2, -0.15) is 4.31 Å². The summed E-state index contributed by atoms with van der Waals surface area (Å²) in [6.45, 7) is 4.12. The molecule has 1 fully saturated rings. The Morgan fingerprint density at radius 2 is 1.92 bits per heavy atom. The van der Waals surface area contributed by atoms with Crippen LogP contribution in [0.15, 0.2) is 29.7 Å². The maximum absolute atomic E-state index is 12.7. The van der Waals surface area contributed by atoms with Crippen LogP contribution in [-0.2, 0) is 19.9 Å². The van der Waals surface area contributed by atoms with Gasteiger partial charge in [0.25, 0.3) is 0 Å². The smallest absolute Gasteiger partial charge is 0.229 e. The van der Waals surface area contributed by atoms with Crippen molar-refractivity contribution in [1.82, 2.24) is 4.31 Å². The Kier molecular flexibility index (Phi) is 6.12. The van der Waals surface area contributed by atoms with Crippen LogP contribution in [0.3, 0.4) is 0 Å². The first kappa shape index (κ1) is 19.4. The highest BCUT2D eigenvalue weighted by molar-refractivity contribution is 7.93. The summed E-state index contributed by atoms with van der Waals surface area (Å²) in [5, 5.41) is 1.72. The lowest BCUT2D eigenvalue weighted by molar-refractivity contribution is 0.311. The minimum absolute atomic E-state index is 0.0443. The predicted molar refractivity (Wildman–Crippen MR) is 98.0 cm³/mol. The van der Waals surface area contributed by atoms with Crippen LogP contribution in [-0.4, -0.2) is 45.2 Å². The van der Waals surface area contributed by atoms with E-state index in [1.54, 1.807) is 24.3 Å². The van der Waals surface area contributed by atoms with E-state index in [1.807, 2.05) is 13.8 Å². The third kappa shape index (κ3) is 5.31. The van der Waals surface area contributed by atoms with Crippen LogP contribution in [0.5, 0.6) is 0 Å². The van der Waals surface area contributed by atoms with Crippen LogP contribution in [0, 0.1) is 5.92 Å². The van der Waals surface area contributed by atoms with Crippen molar-refractivity contribution in [2.45, 2.75) is 26.3 Å². The molecule has 0 saturated carbocycles. The molecule has 8 heteroatoms. The highest BCUT2D eigenvalue weighted by Crippen LogP contribution is 2.23. The second kappa shape index (κ2) is 7.56. The van der Waals surface area contributed by atoms with Crippen molar-refractivity contribution < 1.29 is 16.8 Å². The summed E-state index contributed by atoms with van der Waals surface area (Å²) in [5.41, 5.74) is 0.714. The number of sulfone groups is 1. The van der Waals surface area contributed by atoms with Crippen LogP contribution >= 0.6 is 11.6 Å². The van der Waals surface area contributed by atoms with Gasteiger partial charge >= 0.3 is 0 Å². The Morgan fingerprint density at radius 3 is 2.42 bits per heavy atom. The molecule has 0 spiro atoms. The Balaban J connectivity index is 2.25. The molecule has 1 atom stereocenters. The number of hydrogen-bond donors (Lipinski definition) is 0. The normalized spacial score (nSPS) is 21.1. The van der Waals surface area contributed by atoms with Gasteiger partial charge in [0.05, 0.1) is 11.5 Å². The lowest BCUT2D eigenvalue weighted by atomic mass is 10.2. The van der Waals surface area contributed by atoms with Gasteiger partial charge in [-0.25, -0.2) is 16.8 Å². The Labute approximate surface area is 149 Å². The second-order valence-electron chi connectivity index (χ2n) is 6.42. The molecule has 2 rings (SSSR count). The third-order valence-corrected chi connectivity index (χ3v) is 7.37. The summed E-state index contributed by atoms with van der Waals surface area (Å²) in [5.74, 6) is 0.0446. The fourth-order valence-electron chi connectivity index (χ4n) is 2.64. The van der Waals surface area contributed by atoms with Crippen molar-refractivity contribution >= 4 is 37.5 Å². The molecule has 0 aromatic heterocycles. The van der Waals surface area contributed by atoms with Gasteiger partial charge in [-0.3, -0.25) is 0 Å². The van der Waals surface area contributed by atoms with E-state index in [9.17, 15) is 16.8 Å². The molecular weight excluding hydrogens is 370 g/mol. The molecule has 0 unspecified atom stereocenters. The van der Waals surface area contributed by atoms with Crippen LogP contribution < -0.4 is 0 Å². The van der Waals surface area contributed by atoms with Gasteiger partial charge in [-0.1, -0.05) is 37.6 Å². The number of sulfonamides is 1. The molecule has 1 aromatic carbocycles. The van der Waals surface area contributed by atoms with E-state index in [4.69, 9.17) is 11.6 Å². The maximum Gasteiger partial charge on any atom is 0.236 e. The van der Waals surface area contributed by atoms with Crippen molar-refractivity contribution in [3.63, 3.8) is 0 Å². The van der Waals surface area contributed by atoms with Crippen LogP contribution in [0.4, 0.5) is 0 Å². The van der Waals surface area contributed by atoms with E-state index in [1.165, 1.54) is 10.4 Å². The molecule has 1 aliphatic rings. The topological polar surface area (TPSA) is 71.5 Å². The highest BCUT2D eigenvalue weighted by atomic mass is 35.5. The van der Waals surface area contributed by atoms with Crippen LogP contribution in [0.25, 0.3) is 6.08 Å². The molecule has 0 N–H and O–H groups in total. The van der Waals surface area contributed by atoms with Crippen molar-refractivity contribution in [2.24, 2.45) is 5.92 Å². The molecule has 5 nitrogen and oxygen atoms in total. The summed E-state index contributed by atoms with van der Waals surface area (Å²) in [6, 6.07) is 6.33. The fraction of sp³-hybridized carbons (Fsp3) is 0.500. The molecule has 0 radical (unpaired) electrons. The average molecular weight is 392 g/mol. The van der Waals surface area contributed by atoms with E-state index < -0.39 is 25.9 Å². The number of hydrogen-bond acceptors (Lipinski definition) is 4. The first-order chi connectivity index (χ1) is 11.1. The third-order valence-electron chi connectivity index (χ3n) is 3.79. The lowest BCUT2D eigenvalue weighted by Gasteiger charge is -2.27. The Bertz CT molecular complexity index is 799. The van der Waals surface area contributed by atoms with Gasteiger partial charge in [-0.15, -0.1) is 0 Å². The molecule has 1 saturated heterocycles. The molecule has 1 heterocycles. The monoisotopic (exact) mass is 391 g/mol. The molecular formula is C16H22ClNO4S2. The highest BCUT2D eigenvalue weighted by Gasteiger charge is 2.37. The molecule has 0 aliphatic carbocycles. The van der Waals surface area contributed by atoms with E-state index in [2.05, 4.69) is 0 Å². The number of nitrogens with zero attached hydrogens (tertiary/aromatic N) is 1. The van der Waals surface area contributed by atoms with E-state index >= 15 is 0 Å². The summed E-state index contributed by atoms with van der Waals surface area (Å²) >= 11 is 5.81. The van der Waals surface area contributed by atoms with E-state index in [0.717, 1.165) is 5.41 Å². The standard InChI is InChI=1S/C16H22ClNO4S2/c1-13(2)11-18(16-8-9-23(19,20)12-16)24(21,22)10-7-14-3-5-15(17)6-4-14/h3-7,10,13,16H,8-9,11-12H2,1-2H3/b10-7+/t16-/m0/s1. The van der Waals surface area contributed by atoms with E-state index in [0.29, 0.717) is 23.6 Å². The first-order valence-corrected chi connectivity index (χ1v) is 11.5. The number of rotatable bonds is 6. The first-order valence-electron chi connectivity index (χ1n) is 7.75. The van der Waals surface area contributed by atoms with Gasteiger partial charge in [0.1, 0.15) is 0 Å². The van der Waals surface area contributed by atoms with E-state index in [-0.39, 0.29) is 17.4 Å². The summed E-state index contributed by atoms with van der Waals surface area (Å²) in [7, 11) is -6.86. The molecule has 134 valence electrons. The quantitative estimate of drug-likeness (QED) is 0.747. The second-order valence-corrected chi connectivity index (χ2v) is 10.9. The zero-order chi connectivity index (χ0) is 18.0. The van der Waals surface area contributed by atoms with Gasteiger partial charge in [0.15, 0.2) is 9.84 Å². The SMILES string of the molecule is CC(C)CN([C@H]1CCS(=O)(=O)C1)S(=O)(=O)/C=C/c1ccc(Cl)cc1. The minimum Gasteiger partial charge on any atom is -0.229 e. The number of halogens is 1. The molecule has 0 amide bonds. The molecule has 0 bridgehead atoms. The molecule has 1 aromatic rings. The van der Waals surface area contributed by atoms with Gasteiger partial charge < -0.3 is 0 Å². The van der Waals surface area contributed by atoms with Crippen molar-refractivity contribution in [2.75, 3.05) is 18.1 Å². The summed E-state index contributed by atoms with van der Waals surface area (Å²) in [4.78, 5) is 0. The zero-order valence-electron chi connectivity index (χ0n) is 13.7. The van der Waals surface area contributed by atoms with Crippen molar-refractivity contribution in [3.05, 3.63) is 40.3 Å². The zero-order valence-corrected chi connectivity index (χ0v) is 16.1. The minimum atomic E-state index is -3.70. The number of benzene rings is 1. The average Bonchev–Trinajstić information content (AvgIpc) is 2.84. The maximum atomic E-state index is 12.7. The summed E-state index contributed by atoms with van der Waals surface area (Å²) < 4.78 is 50.2. The van der Waals surface area contributed by atoms with Crippen LogP contribution in [0.1, 0.15) is 25.8 Å². The van der Waals surface area contributed by atoms with Crippen molar-refractivity contribution in [1.29, 1.82) is 0 Å². The van der Waals surface area contributed by atoms with Gasteiger partial charge in [0.2, 0.25) is 10.0 Å². The predicted octanol–water partition coefficient (Wildman–Crippen LogP) is 2.79. The van der Waals surface area contributed by atoms with Crippen LogP contribution in [0.2, 0.25) is 5.02 Å². The van der Waals surface area contributed by atoms with Gasteiger partial charge in [-0.05, 0) is 36.1 Å². The molecule has 24 heavy (non-hydrogen) atoms. The lowest BCUT2D eigenvalue weighted by Crippen LogP contribution is -2.42. The summed E-state index contributed by atoms with van der Waals surface area (Å²) in [6.07, 6.45) is 1.85.